The first-order valence-corrected chi connectivity index (χ1v) is 38.3. The fourth-order valence-electron chi connectivity index (χ4n) is 10.6. The highest BCUT2D eigenvalue weighted by Gasteiger charge is 2.16. The van der Waals surface area contributed by atoms with Crippen LogP contribution < -0.4 is 0 Å². The van der Waals surface area contributed by atoms with Crippen LogP contribution in [0.4, 0.5) is 0 Å². The lowest BCUT2D eigenvalue weighted by molar-refractivity contribution is -0.161. The molecule has 5 heteroatoms. The predicted octanol–water partition coefficient (Wildman–Crippen LogP) is 27.3. The number of carbonyl (C=O) groups excluding carboxylic acids is 2. The standard InChI is InChI=1S/C87H142O5/c1-3-5-7-9-11-13-15-17-19-21-23-25-27-29-31-33-35-37-39-41-42-43-44-46-47-49-51-53-55-57-59-61-63-65-67-69-71-73-75-77-79-81-86(89)91-84-85(83-88)92-87(90)82-80-78-76-74-72-70-68-66-64-62-60-58-56-54-52-50-48-45-40-38-36-34-32-30-28-26-24-22-20-18-16-14-12-10-8-6-4-2/h5-8,11-14,17-20,23-26,29-32,35-38,45,48,52,54,58,60,85,88H,3-4,9-10,15-16,21-22,27-28,33-34,39-44,46-47,49-51,53,55-57,59,61-84H2,1-2H3/b7-5-,8-6-,13-11-,14-12-,19-17-,20-18-,25-23-,26-24-,31-29-,32-30-,37-35-,38-36-,48-45-,54-52-,60-58-. The maximum atomic E-state index is 12.4. The first kappa shape index (κ1) is 87.0. The minimum atomic E-state index is -0.787. The summed E-state index contributed by atoms with van der Waals surface area (Å²) in [6.07, 6.45) is 125. The van der Waals surface area contributed by atoms with Crippen LogP contribution in [-0.4, -0.2) is 36.4 Å². The van der Waals surface area contributed by atoms with E-state index in [0.717, 1.165) is 141 Å². The first-order chi connectivity index (χ1) is 45.6. The van der Waals surface area contributed by atoms with Crippen molar-refractivity contribution < 1.29 is 24.2 Å². The number of aliphatic hydroxyl groups excluding tert-OH is 1. The van der Waals surface area contributed by atoms with Crippen LogP contribution in [0.25, 0.3) is 0 Å². The number of esters is 2. The van der Waals surface area contributed by atoms with Crippen molar-refractivity contribution in [2.75, 3.05) is 13.2 Å². The Morgan fingerprint density at radius 3 is 0.652 bits per heavy atom. The summed E-state index contributed by atoms with van der Waals surface area (Å²) < 4.78 is 10.8. The van der Waals surface area contributed by atoms with E-state index < -0.39 is 6.10 Å². The average molecular weight is 1270 g/mol. The SMILES string of the molecule is CC/C=C\C/C=C\C/C=C\C/C=C\C/C=C\C/C=C\C/C=C\C/C=C\C/C=C\CCCCCCCCCCCC(=O)OC(CO)COC(=O)CCCCCCCCCCCCCCCCCCCCCCCC/C=C\C/C=C\C/C=C\C/C=C\C/C=C\C/C=C\CC. The molecule has 1 atom stereocenters. The highest BCUT2D eigenvalue weighted by molar-refractivity contribution is 5.70. The molecular weight excluding hydrogens is 1120 g/mol. The number of hydrogen-bond acceptors (Lipinski definition) is 5. The van der Waals surface area contributed by atoms with E-state index in [4.69, 9.17) is 9.47 Å². The third-order valence-electron chi connectivity index (χ3n) is 16.2. The summed E-state index contributed by atoms with van der Waals surface area (Å²) in [5.41, 5.74) is 0. The lowest BCUT2D eigenvalue weighted by Crippen LogP contribution is -2.28. The molecule has 0 rings (SSSR count). The normalized spacial score (nSPS) is 13.3. The largest absolute Gasteiger partial charge is 0.462 e. The smallest absolute Gasteiger partial charge is 0.306 e. The predicted molar refractivity (Wildman–Crippen MR) is 407 cm³/mol. The number of carbonyl (C=O) groups is 2. The molecule has 0 spiro atoms. The topological polar surface area (TPSA) is 72.8 Å². The fraction of sp³-hybridized carbons (Fsp3) is 0.632. The highest BCUT2D eigenvalue weighted by Crippen LogP contribution is 2.17. The molecule has 0 saturated heterocycles. The second kappa shape index (κ2) is 80.2. The van der Waals surface area contributed by atoms with Gasteiger partial charge in [0.25, 0.3) is 0 Å². The summed E-state index contributed by atoms with van der Waals surface area (Å²) in [7, 11) is 0. The Morgan fingerprint density at radius 2 is 0.435 bits per heavy atom. The van der Waals surface area contributed by atoms with Gasteiger partial charge in [-0.25, -0.2) is 0 Å². The zero-order valence-electron chi connectivity index (χ0n) is 59.7. The Bertz CT molecular complexity index is 2020. The number of allylic oxidation sites excluding steroid dienone is 30. The lowest BCUT2D eigenvalue weighted by atomic mass is 10.0. The van der Waals surface area contributed by atoms with Crippen LogP contribution in [0.3, 0.4) is 0 Å². The van der Waals surface area contributed by atoms with Gasteiger partial charge in [-0.3, -0.25) is 9.59 Å². The van der Waals surface area contributed by atoms with E-state index >= 15 is 0 Å². The van der Waals surface area contributed by atoms with Crippen molar-refractivity contribution in [2.24, 2.45) is 0 Å². The molecule has 520 valence electrons. The van der Waals surface area contributed by atoms with Gasteiger partial charge in [-0.05, 0) is 135 Å². The fourth-order valence-corrected chi connectivity index (χ4v) is 10.6. The van der Waals surface area contributed by atoms with Crippen LogP contribution in [0.1, 0.15) is 335 Å². The van der Waals surface area contributed by atoms with Gasteiger partial charge in [-0.1, -0.05) is 369 Å². The van der Waals surface area contributed by atoms with E-state index in [1.807, 2.05) is 0 Å². The van der Waals surface area contributed by atoms with Crippen LogP contribution in [0, 0.1) is 0 Å². The molecule has 0 aliphatic carbocycles. The Balaban J connectivity index is 3.50. The van der Waals surface area contributed by atoms with Gasteiger partial charge in [0.1, 0.15) is 6.61 Å². The average Bonchev–Trinajstić information content (AvgIpc) is 3.70. The van der Waals surface area contributed by atoms with Crippen molar-refractivity contribution in [3.05, 3.63) is 182 Å². The number of rotatable bonds is 69. The van der Waals surface area contributed by atoms with Gasteiger partial charge >= 0.3 is 11.9 Å². The van der Waals surface area contributed by atoms with Gasteiger partial charge in [0.05, 0.1) is 6.61 Å². The molecule has 0 aromatic rings. The minimum Gasteiger partial charge on any atom is -0.462 e. The van der Waals surface area contributed by atoms with E-state index in [1.165, 1.54) is 167 Å². The van der Waals surface area contributed by atoms with Crippen molar-refractivity contribution in [1.82, 2.24) is 0 Å². The molecular formula is C87H142O5. The molecule has 0 aromatic carbocycles. The van der Waals surface area contributed by atoms with Gasteiger partial charge < -0.3 is 14.6 Å². The van der Waals surface area contributed by atoms with Crippen molar-refractivity contribution >= 4 is 11.9 Å². The molecule has 0 aromatic heterocycles. The number of unbranched alkanes of at least 4 members (excludes halogenated alkanes) is 31. The number of ether oxygens (including phenoxy) is 2. The van der Waals surface area contributed by atoms with E-state index in [1.54, 1.807) is 0 Å². The number of aliphatic hydroxyl groups is 1. The van der Waals surface area contributed by atoms with Crippen molar-refractivity contribution in [3.8, 4) is 0 Å². The van der Waals surface area contributed by atoms with Crippen LogP contribution in [-0.2, 0) is 19.1 Å². The van der Waals surface area contributed by atoms with Crippen LogP contribution in [0.2, 0.25) is 0 Å². The summed E-state index contributed by atoms with van der Waals surface area (Å²) >= 11 is 0. The number of hydrogen-bond donors (Lipinski definition) is 1. The summed E-state index contributed by atoms with van der Waals surface area (Å²) in [5, 5.41) is 9.72. The third kappa shape index (κ3) is 77.4. The Kier molecular flexibility index (Phi) is 75.9. The maximum absolute atomic E-state index is 12.4. The van der Waals surface area contributed by atoms with Gasteiger partial charge in [-0.2, -0.15) is 0 Å². The van der Waals surface area contributed by atoms with Gasteiger partial charge in [0.2, 0.25) is 0 Å². The van der Waals surface area contributed by atoms with Crippen molar-refractivity contribution in [2.45, 2.75) is 341 Å². The zero-order valence-corrected chi connectivity index (χ0v) is 59.7. The molecule has 0 aliphatic rings. The molecule has 0 saturated carbocycles. The van der Waals surface area contributed by atoms with Gasteiger partial charge in [0.15, 0.2) is 6.10 Å². The van der Waals surface area contributed by atoms with Crippen LogP contribution in [0.15, 0.2) is 182 Å². The molecule has 0 aliphatic heterocycles. The molecule has 92 heavy (non-hydrogen) atoms. The minimum absolute atomic E-state index is 0.0742. The molecule has 1 unspecified atom stereocenters. The van der Waals surface area contributed by atoms with Crippen LogP contribution in [0.5, 0.6) is 0 Å². The summed E-state index contributed by atoms with van der Waals surface area (Å²) in [6.45, 7) is 3.92. The van der Waals surface area contributed by atoms with Gasteiger partial charge in [0, 0.05) is 12.8 Å². The Hall–Kier alpha value is -5.00. The monoisotopic (exact) mass is 1270 g/mol. The summed E-state index contributed by atoms with van der Waals surface area (Å²) in [6, 6.07) is 0. The second-order valence-corrected chi connectivity index (χ2v) is 25.0. The molecule has 0 fully saturated rings. The molecule has 0 bridgehead atoms. The van der Waals surface area contributed by atoms with Gasteiger partial charge in [-0.15, -0.1) is 0 Å². The lowest BCUT2D eigenvalue weighted by Gasteiger charge is -2.15. The van der Waals surface area contributed by atoms with Crippen molar-refractivity contribution in [1.29, 1.82) is 0 Å². The summed E-state index contributed by atoms with van der Waals surface area (Å²) in [5.74, 6) is -0.595. The molecule has 5 nitrogen and oxygen atoms in total. The molecule has 0 amide bonds. The molecule has 0 heterocycles. The molecule has 0 radical (unpaired) electrons. The molecule has 1 N–H and O–H groups in total. The maximum Gasteiger partial charge on any atom is 0.306 e. The quantitative estimate of drug-likeness (QED) is 0.0373. The van der Waals surface area contributed by atoms with E-state index in [-0.39, 0.29) is 25.2 Å². The van der Waals surface area contributed by atoms with E-state index in [9.17, 15) is 14.7 Å². The third-order valence-corrected chi connectivity index (χ3v) is 16.2. The highest BCUT2D eigenvalue weighted by atomic mass is 16.6. The van der Waals surface area contributed by atoms with Crippen LogP contribution >= 0.6 is 0 Å². The summed E-state index contributed by atoms with van der Waals surface area (Å²) in [4.78, 5) is 24.7. The van der Waals surface area contributed by atoms with Crippen molar-refractivity contribution in [3.63, 3.8) is 0 Å². The van der Waals surface area contributed by atoms with E-state index in [2.05, 4.69) is 196 Å². The Labute approximate surface area is 569 Å². The Morgan fingerprint density at radius 1 is 0.250 bits per heavy atom. The van der Waals surface area contributed by atoms with E-state index in [0.29, 0.717) is 12.8 Å². The zero-order chi connectivity index (χ0) is 66.1. The second-order valence-electron chi connectivity index (χ2n) is 25.0. The first-order valence-electron chi connectivity index (χ1n) is 38.3.